The van der Waals surface area contributed by atoms with E-state index in [0.29, 0.717) is 37.6 Å². The molecule has 10 heteroatoms. The highest BCUT2D eigenvalue weighted by atomic mass is 35.5. The highest BCUT2D eigenvalue weighted by Crippen LogP contribution is 2.14. The second-order valence-electron chi connectivity index (χ2n) is 7.26. The normalized spacial score (nSPS) is 14.7. The Morgan fingerprint density at radius 2 is 1.97 bits per heavy atom. The van der Waals surface area contributed by atoms with E-state index in [1.54, 1.807) is 25.5 Å². The highest BCUT2D eigenvalue weighted by molar-refractivity contribution is 6.30. The molecular formula is C20H29ClN8O. The van der Waals surface area contributed by atoms with Crippen molar-refractivity contribution >= 4 is 29.4 Å². The number of rotatable bonds is 6. The number of aromatic nitrogens is 3. The number of aryl methyl sites for hydroxylation is 1. The van der Waals surface area contributed by atoms with Crippen molar-refractivity contribution in [2.45, 2.75) is 13.0 Å². The zero-order valence-corrected chi connectivity index (χ0v) is 18.5. The second-order valence-corrected chi connectivity index (χ2v) is 7.69. The number of amides is 1. The van der Waals surface area contributed by atoms with Crippen LogP contribution >= 0.6 is 11.6 Å². The van der Waals surface area contributed by atoms with Crippen LogP contribution in [0.25, 0.3) is 0 Å². The van der Waals surface area contributed by atoms with Crippen LogP contribution in [0.2, 0.25) is 5.02 Å². The van der Waals surface area contributed by atoms with Crippen LogP contribution in [0.1, 0.15) is 12.1 Å². The number of anilines is 1. The average Bonchev–Trinajstić information content (AvgIpc) is 3.08. The molecule has 0 bridgehead atoms. The summed E-state index contributed by atoms with van der Waals surface area (Å²) in [6.07, 6.45) is 5.78. The minimum atomic E-state index is 0.142. The monoisotopic (exact) mass is 432 g/mol. The van der Waals surface area contributed by atoms with Crippen molar-refractivity contribution in [3.05, 3.63) is 41.4 Å². The first-order chi connectivity index (χ1) is 14.5. The predicted molar refractivity (Wildman–Crippen MR) is 119 cm³/mol. The van der Waals surface area contributed by atoms with E-state index in [4.69, 9.17) is 11.6 Å². The lowest BCUT2D eigenvalue weighted by molar-refractivity contribution is -0.131. The maximum atomic E-state index is 12.6. The zero-order chi connectivity index (χ0) is 21.5. The molecule has 0 radical (unpaired) electrons. The first-order valence-electron chi connectivity index (χ1n) is 10.00. The summed E-state index contributed by atoms with van der Waals surface area (Å²) in [7, 11) is 5.67. The molecule has 2 aromatic heterocycles. The number of guanidine groups is 1. The smallest absolute Gasteiger partial charge is 0.225 e. The molecule has 30 heavy (non-hydrogen) atoms. The lowest BCUT2D eigenvalue weighted by Gasteiger charge is -2.34. The van der Waals surface area contributed by atoms with Gasteiger partial charge in [0.1, 0.15) is 0 Å². The number of carbonyl (C=O) groups is 1. The molecule has 1 fully saturated rings. The van der Waals surface area contributed by atoms with Gasteiger partial charge in [-0.1, -0.05) is 11.6 Å². The fraction of sp³-hybridized carbons (Fsp3) is 0.500. The van der Waals surface area contributed by atoms with Crippen molar-refractivity contribution in [3.8, 4) is 0 Å². The third-order valence-corrected chi connectivity index (χ3v) is 5.34. The van der Waals surface area contributed by atoms with Crippen LogP contribution in [0.15, 0.2) is 35.7 Å². The quantitative estimate of drug-likeness (QED) is 0.546. The van der Waals surface area contributed by atoms with Crippen molar-refractivity contribution in [2.24, 2.45) is 12.0 Å². The number of hydrogen-bond acceptors (Lipinski definition) is 5. The first-order valence-corrected chi connectivity index (χ1v) is 10.4. The van der Waals surface area contributed by atoms with Gasteiger partial charge in [-0.05, 0) is 12.1 Å². The second kappa shape index (κ2) is 10.3. The van der Waals surface area contributed by atoms with Gasteiger partial charge in [-0.3, -0.25) is 9.79 Å². The fourth-order valence-electron chi connectivity index (χ4n) is 3.48. The molecule has 162 valence electrons. The van der Waals surface area contributed by atoms with Crippen LogP contribution in [0.5, 0.6) is 0 Å². The lowest BCUT2D eigenvalue weighted by Crippen LogP contribution is -2.50. The van der Waals surface area contributed by atoms with Gasteiger partial charge in [0.2, 0.25) is 11.9 Å². The van der Waals surface area contributed by atoms with Crippen molar-refractivity contribution < 1.29 is 4.79 Å². The predicted octanol–water partition coefficient (Wildman–Crippen LogP) is 1.21. The van der Waals surface area contributed by atoms with Gasteiger partial charge < -0.3 is 24.6 Å². The molecule has 9 nitrogen and oxygen atoms in total. The summed E-state index contributed by atoms with van der Waals surface area (Å²) in [5, 5.41) is 3.99. The van der Waals surface area contributed by atoms with Crippen LogP contribution in [-0.4, -0.2) is 83.0 Å². The lowest BCUT2D eigenvalue weighted by atomic mass is 10.3. The minimum absolute atomic E-state index is 0.142. The average molecular weight is 433 g/mol. The van der Waals surface area contributed by atoms with Crippen LogP contribution in [0, 0.1) is 0 Å². The van der Waals surface area contributed by atoms with E-state index in [-0.39, 0.29) is 5.91 Å². The number of piperazine rings is 1. The van der Waals surface area contributed by atoms with Crippen molar-refractivity contribution in [1.82, 2.24) is 29.7 Å². The summed E-state index contributed by atoms with van der Waals surface area (Å²) in [6, 6.07) is 3.74. The van der Waals surface area contributed by atoms with Crippen LogP contribution in [-0.2, 0) is 18.4 Å². The van der Waals surface area contributed by atoms with Crippen molar-refractivity contribution in [2.75, 3.05) is 51.7 Å². The maximum absolute atomic E-state index is 12.6. The van der Waals surface area contributed by atoms with Gasteiger partial charge in [0.05, 0.1) is 11.6 Å². The molecule has 0 aromatic carbocycles. The summed E-state index contributed by atoms with van der Waals surface area (Å²) in [6.45, 7) is 4.05. The number of nitrogens with zero attached hydrogens (tertiary/aromatic N) is 7. The van der Waals surface area contributed by atoms with E-state index < -0.39 is 0 Å². The van der Waals surface area contributed by atoms with E-state index in [9.17, 15) is 4.79 Å². The summed E-state index contributed by atoms with van der Waals surface area (Å²) >= 11 is 6.06. The molecule has 1 N–H and O–H groups in total. The third-order valence-electron chi connectivity index (χ3n) is 5.14. The van der Waals surface area contributed by atoms with Gasteiger partial charge in [0.15, 0.2) is 5.96 Å². The molecular weight excluding hydrogens is 404 g/mol. The topological polar surface area (TPSA) is 81.9 Å². The molecule has 3 rings (SSSR count). The molecule has 0 aliphatic carbocycles. The molecule has 0 unspecified atom stereocenters. The summed E-state index contributed by atoms with van der Waals surface area (Å²) in [5.41, 5.74) is 1.08. The molecule has 0 atom stereocenters. The number of hydrogen-bond donors (Lipinski definition) is 1. The number of halogens is 1. The molecule has 0 spiro atoms. The molecule has 2 aromatic rings. The Morgan fingerprint density at radius 3 is 2.57 bits per heavy atom. The van der Waals surface area contributed by atoms with E-state index in [2.05, 4.69) is 25.2 Å². The number of aliphatic imine (C=N–C) groups is 1. The molecule has 1 amide bonds. The summed E-state index contributed by atoms with van der Waals surface area (Å²) < 4.78 is 2.00. The van der Waals surface area contributed by atoms with Crippen LogP contribution in [0.4, 0.5) is 5.95 Å². The Balaban J connectivity index is 1.41. The van der Waals surface area contributed by atoms with Crippen molar-refractivity contribution in [1.29, 1.82) is 0 Å². The molecule has 1 saturated heterocycles. The van der Waals surface area contributed by atoms with Crippen LogP contribution < -0.4 is 10.2 Å². The summed E-state index contributed by atoms with van der Waals surface area (Å²) in [4.78, 5) is 31.5. The first kappa shape index (κ1) is 21.9. The van der Waals surface area contributed by atoms with E-state index in [0.717, 1.165) is 30.7 Å². The maximum Gasteiger partial charge on any atom is 0.225 e. The Kier molecular flexibility index (Phi) is 7.51. The van der Waals surface area contributed by atoms with Gasteiger partial charge in [-0.2, -0.15) is 0 Å². The Morgan fingerprint density at radius 1 is 1.27 bits per heavy atom. The number of nitrogens with one attached hydrogen (secondary N) is 1. The Bertz CT molecular complexity index is 861. The zero-order valence-electron chi connectivity index (χ0n) is 17.8. The van der Waals surface area contributed by atoms with E-state index in [1.165, 1.54) is 0 Å². The fourth-order valence-corrected chi connectivity index (χ4v) is 3.75. The standard InChI is InChI=1S/C20H29ClN8O/c1-22-19(27(3)15-17-13-16(21)14-26(17)2)25-8-5-18(30)28-9-11-29(12-10-28)20-23-6-4-7-24-20/h4,6-7,13-14H,5,8-12,15H2,1-3H3,(H,22,25). The summed E-state index contributed by atoms with van der Waals surface area (Å²) in [5.74, 6) is 1.60. The van der Waals surface area contributed by atoms with Crippen LogP contribution in [0.3, 0.4) is 0 Å². The molecule has 3 heterocycles. The number of carbonyl (C=O) groups excluding carboxylic acids is 1. The molecule has 0 saturated carbocycles. The van der Waals surface area contributed by atoms with E-state index >= 15 is 0 Å². The van der Waals surface area contributed by atoms with Gasteiger partial charge >= 0.3 is 0 Å². The Labute approximate surface area is 182 Å². The minimum Gasteiger partial charge on any atom is -0.356 e. The van der Waals surface area contributed by atoms with Gasteiger partial charge in [0, 0.05) is 84.6 Å². The largest absolute Gasteiger partial charge is 0.356 e. The third kappa shape index (κ3) is 5.63. The van der Waals surface area contributed by atoms with Crippen molar-refractivity contribution in [3.63, 3.8) is 0 Å². The van der Waals surface area contributed by atoms with Gasteiger partial charge in [-0.25, -0.2) is 9.97 Å². The van der Waals surface area contributed by atoms with Gasteiger partial charge in [-0.15, -0.1) is 0 Å². The molecule has 1 aliphatic rings. The SMILES string of the molecule is CN=C(NCCC(=O)N1CCN(c2ncccn2)CC1)N(C)Cc1cc(Cl)cn1C. The van der Waals surface area contributed by atoms with Gasteiger partial charge in [0.25, 0.3) is 0 Å². The van der Waals surface area contributed by atoms with E-state index in [1.807, 2.05) is 40.7 Å². The Hall–Kier alpha value is -2.81. The molecule has 1 aliphatic heterocycles. The highest BCUT2D eigenvalue weighted by Gasteiger charge is 2.22.